The van der Waals surface area contributed by atoms with Gasteiger partial charge in [0.2, 0.25) is 15.9 Å². The van der Waals surface area contributed by atoms with Gasteiger partial charge in [0, 0.05) is 26.1 Å². The average Bonchev–Trinajstić information content (AvgIpc) is 3.20. The minimum Gasteiger partial charge on any atom is -0.461 e. The van der Waals surface area contributed by atoms with Gasteiger partial charge in [-0.15, -0.1) is 0 Å². The molecule has 8 nitrogen and oxygen atoms in total. The summed E-state index contributed by atoms with van der Waals surface area (Å²) in [5.41, 5.74) is 1.12. The van der Waals surface area contributed by atoms with Crippen LogP contribution in [0.15, 0.2) is 53.4 Å². The maximum atomic E-state index is 12.8. The van der Waals surface area contributed by atoms with Crippen LogP contribution in [0.25, 0.3) is 0 Å². The third kappa shape index (κ3) is 4.80. The number of esters is 1. The van der Waals surface area contributed by atoms with E-state index in [0.717, 1.165) is 0 Å². The van der Waals surface area contributed by atoms with Crippen molar-refractivity contribution >= 4 is 39.2 Å². The molecule has 1 amide bonds. The molecule has 0 bridgehead atoms. The summed E-state index contributed by atoms with van der Waals surface area (Å²) in [6.45, 7) is 1.44. The number of amides is 1. The van der Waals surface area contributed by atoms with E-state index in [9.17, 15) is 18.0 Å². The van der Waals surface area contributed by atoms with Crippen molar-refractivity contribution in [1.29, 1.82) is 0 Å². The van der Waals surface area contributed by atoms with Crippen LogP contribution in [-0.4, -0.2) is 57.4 Å². The standard InChI is InChI=1S/C22H23ClN2O6S/c23-19-6-1-2-7-20(19)25-14-17(13-21(25)26)22(27)31-15-16-4-3-5-18(12-16)32(28,29)24-8-10-30-11-9-24/h1-7,12,17H,8-11,13-15H2. The Bertz CT molecular complexity index is 1120. The molecule has 0 aliphatic carbocycles. The van der Waals surface area contributed by atoms with Crippen molar-refractivity contribution in [3.8, 4) is 0 Å². The second-order valence-electron chi connectivity index (χ2n) is 7.63. The number of para-hydroxylation sites is 1. The second-order valence-corrected chi connectivity index (χ2v) is 9.97. The van der Waals surface area contributed by atoms with Crippen molar-refractivity contribution in [2.45, 2.75) is 17.9 Å². The highest BCUT2D eigenvalue weighted by atomic mass is 35.5. The SMILES string of the molecule is O=C(OCc1cccc(S(=O)(=O)N2CCOCC2)c1)C1CC(=O)N(c2ccccc2Cl)C1. The fraction of sp³-hybridized carbons (Fsp3) is 0.364. The summed E-state index contributed by atoms with van der Waals surface area (Å²) in [5.74, 6) is -1.31. The number of sulfonamides is 1. The van der Waals surface area contributed by atoms with Crippen LogP contribution < -0.4 is 4.90 Å². The summed E-state index contributed by atoms with van der Waals surface area (Å²) < 4.78 is 37.7. The van der Waals surface area contributed by atoms with E-state index >= 15 is 0 Å². The van der Waals surface area contributed by atoms with Crippen molar-refractivity contribution in [1.82, 2.24) is 4.31 Å². The maximum absolute atomic E-state index is 12.8. The number of ether oxygens (including phenoxy) is 2. The minimum absolute atomic E-state index is 0.0372. The lowest BCUT2D eigenvalue weighted by Crippen LogP contribution is -2.40. The van der Waals surface area contributed by atoms with Crippen LogP contribution in [0.3, 0.4) is 0 Å². The zero-order valence-corrected chi connectivity index (χ0v) is 18.8. The quantitative estimate of drug-likeness (QED) is 0.592. The van der Waals surface area contributed by atoms with Crippen LogP contribution >= 0.6 is 11.6 Å². The highest BCUT2D eigenvalue weighted by Crippen LogP contribution is 2.31. The number of nitrogens with zero attached hydrogens (tertiary/aromatic N) is 2. The van der Waals surface area contributed by atoms with Gasteiger partial charge in [-0.05, 0) is 29.8 Å². The van der Waals surface area contributed by atoms with Gasteiger partial charge in [0.15, 0.2) is 0 Å². The van der Waals surface area contributed by atoms with Crippen LogP contribution in [0.2, 0.25) is 5.02 Å². The molecule has 1 unspecified atom stereocenters. The zero-order chi connectivity index (χ0) is 22.7. The molecular formula is C22H23ClN2O6S. The van der Waals surface area contributed by atoms with E-state index < -0.39 is 21.9 Å². The van der Waals surface area contributed by atoms with Crippen LogP contribution in [0.4, 0.5) is 5.69 Å². The van der Waals surface area contributed by atoms with E-state index in [1.54, 1.807) is 36.4 Å². The zero-order valence-electron chi connectivity index (χ0n) is 17.3. The molecule has 2 aromatic carbocycles. The van der Waals surface area contributed by atoms with Gasteiger partial charge < -0.3 is 14.4 Å². The van der Waals surface area contributed by atoms with Gasteiger partial charge in [-0.1, -0.05) is 35.9 Å². The molecule has 2 heterocycles. The van der Waals surface area contributed by atoms with Crippen LogP contribution in [0, 0.1) is 5.92 Å². The van der Waals surface area contributed by atoms with Crippen molar-refractivity contribution < 1.29 is 27.5 Å². The van der Waals surface area contributed by atoms with Crippen molar-refractivity contribution in [3.63, 3.8) is 0 Å². The predicted octanol–water partition coefficient (Wildman–Crippen LogP) is 2.46. The smallest absolute Gasteiger partial charge is 0.311 e. The molecule has 0 aromatic heterocycles. The molecule has 1 atom stereocenters. The van der Waals surface area contributed by atoms with Gasteiger partial charge in [0.25, 0.3) is 0 Å². The van der Waals surface area contributed by atoms with Crippen LogP contribution in [0.1, 0.15) is 12.0 Å². The molecule has 10 heteroatoms. The first kappa shape index (κ1) is 22.7. The van der Waals surface area contributed by atoms with Crippen molar-refractivity contribution in [3.05, 3.63) is 59.1 Å². The van der Waals surface area contributed by atoms with Gasteiger partial charge in [-0.3, -0.25) is 9.59 Å². The highest BCUT2D eigenvalue weighted by molar-refractivity contribution is 7.89. The summed E-state index contributed by atoms with van der Waals surface area (Å²) >= 11 is 6.18. The molecule has 2 aliphatic heterocycles. The van der Waals surface area contributed by atoms with E-state index in [1.165, 1.54) is 21.3 Å². The maximum Gasteiger partial charge on any atom is 0.311 e. The fourth-order valence-electron chi connectivity index (χ4n) is 3.77. The largest absolute Gasteiger partial charge is 0.461 e. The Balaban J connectivity index is 1.39. The fourth-order valence-corrected chi connectivity index (χ4v) is 5.49. The predicted molar refractivity (Wildman–Crippen MR) is 118 cm³/mol. The van der Waals surface area contributed by atoms with E-state index in [-0.39, 0.29) is 30.4 Å². The first-order valence-electron chi connectivity index (χ1n) is 10.2. The molecule has 0 radical (unpaired) electrons. The number of benzene rings is 2. The molecule has 2 aliphatic rings. The van der Waals surface area contributed by atoms with Crippen LogP contribution in [-0.2, 0) is 35.7 Å². The Morgan fingerprint density at radius 1 is 1.12 bits per heavy atom. The first-order valence-corrected chi connectivity index (χ1v) is 12.1. The monoisotopic (exact) mass is 478 g/mol. The van der Waals surface area contributed by atoms with E-state index in [2.05, 4.69) is 0 Å². The van der Waals surface area contributed by atoms with Gasteiger partial charge in [-0.2, -0.15) is 4.31 Å². The number of halogens is 1. The van der Waals surface area contributed by atoms with Crippen molar-refractivity contribution in [2.75, 3.05) is 37.7 Å². The van der Waals surface area contributed by atoms with Crippen molar-refractivity contribution in [2.24, 2.45) is 5.92 Å². The van der Waals surface area contributed by atoms with Gasteiger partial charge >= 0.3 is 5.97 Å². The summed E-state index contributed by atoms with van der Waals surface area (Å²) in [5, 5.41) is 0.438. The highest BCUT2D eigenvalue weighted by Gasteiger charge is 2.37. The second kappa shape index (κ2) is 9.58. The number of anilines is 1. The number of carbonyl (C=O) groups is 2. The molecule has 4 rings (SSSR count). The Labute approximate surface area is 191 Å². The number of carbonyl (C=O) groups excluding carboxylic acids is 2. The Kier molecular flexibility index (Phi) is 6.80. The Morgan fingerprint density at radius 3 is 2.62 bits per heavy atom. The Morgan fingerprint density at radius 2 is 1.88 bits per heavy atom. The number of rotatable bonds is 6. The summed E-state index contributed by atoms with van der Waals surface area (Å²) in [6.07, 6.45) is 0.0372. The normalized spacial score (nSPS) is 19.8. The van der Waals surface area contributed by atoms with Gasteiger partial charge in [-0.25, -0.2) is 8.42 Å². The summed E-state index contributed by atoms with van der Waals surface area (Å²) in [7, 11) is -3.64. The van der Waals surface area contributed by atoms with Gasteiger partial charge in [0.1, 0.15) is 6.61 Å². The molecule has 0 N–H and O–H groups in total. The molecule has 2 aromatic rings. The minimum atomic E-state index is -3.64. The third-order valence-corrected chi connectivity index (χ3v) is 7.70. The molecule has 2 saturated heterocycles. The number of morpholine rings is 1. The molecule has 170 valence electrons. The topological polar surface area (TPSA) is 93.2 Å². The number of hydrogen-bond donors (Lipinski definition) is 0. The first-order chi connectivity index (χ1) is 15.4. The van der Waals surface area contributed by atoms with Crippen LogP contribution in [0.5, 0.6) is 0 Å². The molecule has 32 heavy (non-hydrogen) atoms. The third-order valence-electron chi connectivity index (χ3n) is 5.49. The Hall–Kier alpha value is -2.46. The summed E-state index contributed by atoms with van der Waals surface area (Å²) in [4.78, 5) is 26.6. The molecular weight excluding hydrogens is 456 g/mol. The average molecular weight is 479 g/mol. The lowest BCUT2D eigenvalue weighted by atomic mass is 10.1. The number of hydrogen-bond acceptors (Lipinski definition) is 6. The van der Waals surface area contributed by atoms with E-state index in [4.69, 9.17) is 21.1 Å². The lowest BCUT2D eigenvalue weighted by Gasteiger charge is -2.26. The van der Waals surface area contributed by atoms with E-state index in [0.29, 0.717) is 42.6 Å². The van der Waals surface area contributed by atoms with E-state index in [1.807, 2.05) is 0 Å². The molecule has 0 saturated carbocycles. The van der Waals surface area contributed by atoms with Gasteiger partial charge in [0.05, 0.1) is 34.7 Å². The lowest BCUT2D eigenvalue weighted by molar-refractivity contribution is -0.149. The summed E-state index contributed by atoms with van der Waals surface area (Å²) in [6, 6.07) is 13.3. The molecule has 0 spiro atoms. The molecule has 2 fully saturated rings.